The van der Waals surface area contributed by atoms with Crippen LogP contribution in [0.1, 0.15) is 24.2 Å². The van der Waals surface area contributed by atoms with Gasteiger partial charge in [-0.1, -0.05) is 36.4 Å². The molecule has 3 aromatic rings. The van der Waals surface area contributed by atoms with E-state index >= 15 is 0 Å². The standard InChI is InChI=1S/C21H19NO5/c1-3-22(16-10-5-4-6-11-16)19(23)14(2)26-20(24)17-13-15-9-7-8-12-18(15)27-21(17)25/h4-14H,3H2,1-2H3. The van der Waals surface area contributed by atoms with Gasteiger partial charge in [-0.2, -0.15) is 0 Å². The molecular formula is C21H19NO5. The van der Waals surface area contributed by atoms with Gasteiger partial charge < -0.3 is 14.1 Å². The minimum Gasteiger partial charge on any atom is -0.449 e. The fourth-order valence-corrected chi connectivity index (χ4v) is 2.77. The fraction of sp³-hybridized carbons (Fsp3) is 0.190. The summed E-state index contributed by atoms with van der Waals surface area (Å²) in [5.41, 5.74) is 0.0485. The molecule has 0 aliphatic rings. The van der Waals surface area contributed by atoms with Crippen LogP contribution < -0.4 is 10.5 Å². The van der Waals surface area contributed by atoms with Crippen molar-refractivity contribution in [3.63, 3.8) is 0 Å². The Hall–Kier alpha value is -3.41. The highest BCUT2D eigenvalue weighted by Crippen LogP contribution is 2.17. The molecule has 0 fully saturated rings. The van der Waals surface area contributed by atoms with Crippen LogP contribution in [0.3, 0.4) is 0 Å². The summed E-state index contributed by atoms with van der Waals surface area (Å²) in [7, 11) is 0. The van der Waals surface area contributed by atoms with E-state index in [0.717, 1.165) is 0 Å². The molecule has 0 N–H and O–H groups in total. The predicted molar refractivity (Wildman–Crippen MR) is 102 cm³/mol. The summed E-state index contributed by atoms with van der Waals surface area (Å²) in [6.07, 6.45) is -1.05. The van der Waals surface area contributed by atoms with E-state index in [2.05, 4.69) is 0 Å². The summed E-state index contributed by atoms with van der Waals surface area (Å²) in [5.74, 6) is -1.26. The van der Waals surface area contributed by atoms with Gasteiger partial charge in [0.25, 0.3) is 5.91 Å². The van der Waals surface area contributed by atoms with Crippen molar-refractivity contribution in [3.05, 3.63) is 76.6 Å². The number of hydrogen-bond acceptors (Lipinski definition) is 5. The molecular weight excluding hydrogens is 346 g/mol. The number of nitrogens with zero attached hydrogens (tertiary/aromatic N) is 1. The summed E-state index contributed by atoms with van der Waals surface area (Å²) in [4.78, 5) is 38.7. The third-order valence-electron chi connectivity index (χ3n) is 4.14. The average molecular weight is 365 g/mol. The molecule has 1 aromatic heterocycles. The van der Waals surface area contributed by atoms with Crippen molar-refractivity contribution in [3.8, 4) is 0 Å². The Kier molecular flexibility index (Phi) is 5.35. The zero-order valence-electron chi connectivity index (χ0n) is 15.0. The highest BCUT2D eigenvalue weighted by molar-refractivity contribution is 5.99. The SMILES string of the molecule is CCN(C(=O)C(C)OC(=O)c1cc2ccccc2oc1=O)c1ccccc1. The largest absolute Gasteiger partial charge is 0.449 e. The van der Waals surface area contributed by atoms with E-state index in [0.29, 0.717) is 23.2 Å². The van der Waals surface area contributed by atoms with E-state index in [4.69, 9.17) is 9.15 Å². The number of likely N-dealkylation sites (N-methyl/N-ethyl adjacent to an activating group) is 1. The van der Waals surface area contributed by atoms with Crippen LogP contribution in [0.2, 0.25) is 0 Å². The number of esters is 1. The van der Waals surface area contributed by atoms with Crippen molar-refractivity contribution in [2.24, 2.45) is 0 Å². The molecule has 0 aliphatic heterocycles. The molecule has 1 unspecified atom stereocenters. The Morgan fingerprint density at radius 2 is 1.74 bits per heavy atom. The Morgan fingerprint density at radius 1 is 1.07 bits per heavy atom. The first-order valence-corrected chi connectivity index (χ1v) is 8.61. The third kappa shape index (κ3) is 3.89. The summed E-state index contributed by atoms with van der Waals surface area (Å²) < 4.78 is 10.4. The topological polar surface area (TPSA) is 76.8 Å². The van der Waals surface area contributed by atoms with E-state index in [-0.39, 0.29) is 11.5 Å². The molecule has 1 atom stereocenters. The first kappa shape index (κ1) is 18.4. The molecule has 0 bridgehead atoms. The normalized spacial score (nSPS) is 11.8. The molecule has 2 aromatic carbocycles. The number of anilines is 1. The van der Waals surface area contributed by atoms with Gasteiger partial charge >= 0.3 is 11.6 Å². The maximum Gasteiger partial charge on any atom is 0.351 e. The number of fused-ring (bicyclic) bond motifs is 1. The van der Waals surface area contributed by atoms with Crippen LogP contribution in [-0.4, -0.2) is 24.5 Å². The van der Waals surface area contributed by atoms with Gasteiger partial charge in [0, 0.05) is 17.6 Å². The van der Waals surface area contributed by atoms with Crippen LogP contribution in [0.25, 0.3) is 11.0 Å². The number of amides is 1. The average Bonchev–Trinajstić information content (AvgIpc) is 2.68. The first-order chi connectivity index (χ1) is 13.0. The van der Waals surface area contributed by atoms with E-state index in [1.54, 1.807) is 36.4 Å². The number of rotatable bonds is 5. The number of benzene rings is 2. The molecule has 6 heteroatoms. The minimum absolute atomic E-state index is 0.240. The van der Waals surface area contributed by atoms with E-state index < -0.39 is 17.7 Å². The summed E-state index contributed by atoms with van der Waals surface area (Å²) in [6.45, 7) is 3.73. The summed E-state index contributed by atoms with van der Waals surface area (Å²) >= 11 is 0. The third-order valence-corrected chi connectivity index (χ3v) is 4.14. The van der Waals surface area contributed by atoms with Crippen LogP contribution in [0.4, 0.5) is 5.69 Å². The van der Waals surface area contributed by atoms with E-state index in [1.807, 2.05) is 25.1 Å². The van der Waals surface area contributed by atoms with Gasteiger partial charge in [-0.15, -0.1) is 0 Å². The zero-order valence-corrected chi connectivity index (χ0v) is 15.0. The fourth-order valence-electron chi connectivity index (χ4n) is 2.77. The number of ether oxygens (including phenoxy) is 1. The minimum atomic E-state index is -1.05. The second-order valence-corrected chi connectivity index (χ2v) is 5.95. The number of hydrogen-bond donors (Lipinski definition) is 0. The number of para-hydroxylation sites is 2. The Balaban J connectivity index is 1.80. The molecule has 1 heterocycles. The van der Waals surface area contributed by atoms with Crippen molar-refractivity contribution >= 4 is 28.5 Å². The number of carbonyl (C=O) groups excluding carboxylic acids is 2. The van der Waals surface area contributed by atoms with Crippen molar-refractivity contribution in [1.82, 2.24) is 0 Å². The van der Waals surface area contributed by atoms with Gasteiger partial charge in [-0.25, -0.2) is 9.59 Å². The van der Waals surface area contributed by atoms with Crippen LogP contribution in [0, 0.1) is 0 Å². The van der Waals surface area contributed by atoms with Gasteiger partial charge in [0.15, 0.2) is 6.10 Å². The van der Waals surface area contributed by atoms with Crippen LogP contribution in [0.15, 0.2) is 69.9 Å². The highest BCUT2D eigenvalue weighted by Gasteiger charge is 2.26. The summed E-state index contributed by atoms with van der Waals surface area (Å²) in [5, 5.41) is 0.600. The highest BCUT2D eigenvalue weighted by atomic mass is 16.5. The monoisotopic (exact) mass is 365 g/mol. The summed E-state index contributed by atoms with van der Waals surface area (Å²) in [6, 6.07) is 17.4. The second kappa shape index (κ2) is 7.86. The molecule has 138 valence electrons. The molecule has 27 heavy (non-hydrogen) atoms. The second-order valence-electron chi connectivity index (χ2n) is 5.95. The van der Waals surface area contributed by atoms with Gasteiger partial charge in [0.1, 0.15) is 11.1 Å². The molecule has 6 nitrogen and oxygen atoms in total. The predicted octanol–water partition coefficient (Wildman–Crippen LogP) is 3.39. The van der Waals surface area contributed by atoms with Gasteiger partial charge in [0.05, 0.1) is 0 Å². The lowest BCUT2D eigenvalue weighted by Gasteiger charge is -2.24. The van der Waals surface area contributed by atoms with Crippen LogP contribution in [-0.2, 0) is 9.53 Å². The lowest BCUT2D eigenvalue weighted by molar-refractivity contribution is -0.126. The van der Waals surface area contributed by atoms with Crippen molar-refractivity contribution in [2.45, 2.75) is 20.0 Å². The van der Waals surface area contributed by atoms with E-state index in [9.17, 15) is 14.4 Å². The van der Waals surface area contributed by atoms with Crippen LogP contribution in [0.5, 0.6) is 0 Å². The maximum atomic E-state index is 12.7. The maximum absolute atomic E-state index is 12.7. The Morgan fingerprint density at radius 3 is 2.44 bits per heavy atom. The van der Waals surface area contributed by atoms with Gasteiger partial charge in [0.2, 0.25) is 0 Å². The van der Waals surface area contributed by atoms with E-state index in [1.165, 1.54) is 17.9 Å². The van der Waals surface area contributed by atoms with Gasteiger partial charge in [-0.05, 0) is 38.1 Å². The number of carbonyl (C=O) groups is 2. The Labute approximate surface area is 156 Å². The molecule has 0 radical (unpaired) electrons. The molecule has 0 aliphatic carbocycles. The lowest BCUT2D eigenvalue weighted by Crippen LogP contribution is -2.40. The molecule has 0 saturated carbocycles. The van der Waals surface area contributed by atoms with Crippen LogP contribution >= 0.6 is 0 Å². The molecule has 1 amide bonds. The van der Waals surface area contributed by atoms with Crippen molar-refractivity contribution in [1.29, 1.82) is 0 Å². The molecule has 3 rings (SSSR count). The lowest BCUT2D eigenvalue weighted by atomic mass is 10.2. The smallest absolute Gasteiger partial charge is 0.351 e. The quantitative estimate of drug-likeness (QED) is 0.512. The molecule has 0 saturated heterocycles. The molecule has 0 spiro atoms. The van der Waals surface area contributed by atoms with Crippen molar-refractivity contribution in [2.75, 3.05) is 11.4 Å². The first-order valence-electron chi connectivity index (χ1n) is 8.61. The zero-order chi connectivity index (χ0) is 19.4. The Bertz CT molecular complexity index is 1030. The van der Waals surface area contributed by atoms with Crippen molar-refractivity contribution < 1.29 is 18.7 Å². The van der Waals surface area contributed by atoms with Gasteiger partial charge in [-0.3, -0.25) is 4.79 Å².